The Kier molecular flexibility index (Phi) is 6.26. The maximum absolute atomic E-state index is 13.0. The normalized spacial score (nSPS) is 11.1. The highest BCUT2D eigenvalue weighted by atomic mass is 79.9. The van der Waals surface area contributed by atoms with Gasteiger partial charge in [0.05, 0.1) is 22.2 Å². The number of anilines is 1. The number of hydrogen-bond donors (Lipinski definition) is 0. The maximum Gasteiger partial charge on any atom is 0.326 e. The highest BCUT2D eigenvalue weighted by Gasteiger charge is 2.29. The van der Waals surface area contributed by atoms with E-state index < -0.39 is 22.5 Å². The second-order valence-electron chi connectivity index (χ2n) is 4.72. The van der Waals surface area contributed by atoms with Gasteiger partial charge in [0.1, 0.15) is 6.54 Å². The summed E-state index contributed by atoms with van der Waals surface area (Å²) in [5, 5.41) is 0.225. The zero-order chi connectivity index (χ0) is 17.7. The Balaban J connectivity index is 2.50. The molecule has 0 amide bonds. The third-order valence-corrected chi connectivity index (χ3v) is 5.72. The Hall–Kier alpha value is -1.57. The lowest BCUT2D eigenvalue weighted by Gasteiger charge is -2.24. The fourth-order valence-electron chi connectivity index (χ4n) is 2.01. The zero-order valence-electron chi connectivity index (χ0n) is 12.8. The number of sulfonamides is 1. The smallest absolute Gasteiger partial charge is 0.326 e. The molecule has 8 heteroatoms. The van der Waals surface area contributed by atoms with Gasteiger partial charge in [0.25, 0.3) is 10.0 Å². The first-order valence-corrected chi connectivity index (χ1v) is 9.66. The summed E-state index contributed by atoms with van der Waals surface area (Å²) in [4.78, 5) is 11.9. The Morgan fingerprint density at radius 3 is 2.38 bits per heavy atom. The second kappa shape index (κ2) is 8.00. The predicted molar refractivity (Wildman–Crippen MR) is 96.8 cm³/mol. The number of esters is 1. The number of para-hydroxylation sites is 1. The minimum Gasteiger partial charge on any atom is -0.465 e. The van der Waals surface area contributed by atoms with Crippen molar-refractivity contribution in [3.05, 3.63) is 58.0 Å². The SMILES string of the molecule is CCOC(=O)CN(c1ccccc1Cl)S(=O)(=O)c1ccc(Br)cc1. The van der Waals surface area contributed by atoms with E-state index in [-0.39, 0.29) is 22.2 Å². The molecule has 0 aliphatic heterocycles. The van der Waals surface area contributed by atoms with Crippen LogP contribution in [0.1, 0.15) is 6.92 Å². The Morgan fingerprint density at radius 1 is 1.17 bits per heavy atom. The van der Waals surface area contributed by atoms with E-state index in [0.29, 0.717) is 0 Å². The third kappa shape index (κ3) is 4.28. The molecule has 0 atom stereocenters. The number of rotatable bonds is 6. The Labute approximate surface area is 154 Å². The van der Waals surface area contributed by atoms with Crippen LogP contribution in [0, 0.1) is 0 Å². The lowest BCUT2D eigenvalue weighted by molar-refractivity contribution is -0.141. The zero-order valence-corrected chi connectivity index (χ0v) is 15.9. The van der Waals surface area contributed by atoms with Gasteiger partial charge in [-0.15, -0.1) is 0 Å². The van der Waals surface area contributed by atoms with Gasteiger partial charge in [-0.1, -0.05) is 39.7 Å². The Bertz CT molecular complexity index is 824. The summed E-state index contributed by atoms with van der Waals surface area (Å²) in [7, 11) is -3.98. The molecule has 0 saturated carbocycles. The number of benzene rings is 2. The van der Waals surface area contributed by atoms with Gasteiger partial charge in [-0.2, -0.15) is 0 Å². The molecule has 2 rings (SSSR count). The molecule has 0 saturated heterocycles. The summed E-state index contributed by atoms with van der Waals surface area (Å²) in [5.74, 6) is -0.655. The van der Waals surface area contributed by atoms with Crippen LogP contribution in [0.5, 0.6) is 0 Å². The molecule has 0 N–H and O–H groups in total. The van der Waals surface area contributed by atoms with Crippen molar-refractivity contribution in [2.75, 3.05) is 17.5 Å². The highest BCUT2D eigenvalue weighted by molar-refractivity contribution is 9.10. The lowest BCUT2D eigenvalue weighted by Crippen LogP contribution is -2.36. The van der Waals surface area contributed by atoms with Gasteiger partial charge < -0.3 is 4.74 Å². The van der Waals surface area contributed by atoms with Gasteiger partial charge >= 0.3 is 5.97 Å². The second-order valence-corrected chi connectivity index (χ2v) is 7.91. The van der Waals surface area contributed by atoms with Crippen molar-refractivity contribution in [2.45, 2.75) is 11.8 Å². The first kappa shape index (κ1) is 18.8. The molecule has 0 aliphatic carbocycles. The van der Waals surface area contributed by atoms with Gasteiger partial charge in [-0.05, 0) is 43.3 Å². The molecule has 128 valence electrons. The molecule has 0 spiro atoms. The van der Waals surface area contributed by atoms with Crippen molar-refractivity contribution < 1.29 is 17.9 Å². The van der Waals surface area contributed by atoms with Gasteiger partial charge in [0.2, 0.25) is 0 Å². The molecule has 0 radical (unpaired) electrons. The molecule has 0 heterocycles. The molecule has 24 heavy (non-hydrogen) atoms. The highest BCUT2D eigenvalue weighted by Crippen LogP contribution is 2.30. The first-order chi connectivity index (χ1) is 11.4. The minimum absolute atomic E-state index is 0.0509. The van der Waals surface area contributed by atoms with Crippen LogP contribution in [-0.4, -0.2) is 27.5 Å². The Morgan fingerprint density at radius 2 is 1.79 bits per heavy atom. The summed E-state index contributed by atoms with van der Waals surface area (Å²) in [5.41, 5.74) is 0.218. The van der Waals surface area contributed by atoms with Crippen LogP contribution in [-0.2, 0) is 19.6 Å². The standard InChI is InChI=1S/C16H15BrClNO4S/c1-2-23-16(20)11-19(15-6-4-3-5-14(15)18)24(21,22)13-9-7-12(17)8-10-13/h3-10H,2,11H2,1H3. The molecule has 0 aromatic heterocycles. The van der Waals surface area contributed by atoms with Crippen LogP contribution >= 0.6 is 27.5 Å². The first-order valence-electron chi connectivity index (χ1n) is 7.04. The summed E-state index contributed by atoms with van der Waals surface area (Å²) >= 11 is 9.40. The van der Waals surface area contributed by atoms with Gasteiger partial charge in [-0.25, -0.2) is 8.42 Å². The van der Waals surface area contributed by atoms with E-state index in [1.54, 1.807) is 37.3 Å². The van der Waals surface area contributed by atoms with Crippen LogP contribution in [0.25, 0.3) is 0 Å². The third-order valence-electron chi connectivity index (χ3n) is 3.10. The van der Waals surface area contributed by atoms with Crippen molar-refractivity contribution in [3.8, 4) is 0 Å². The summed E-state index contributed by atoms with van der Waals surface area (Å²) in [6.45, 7) is 1.35. The van der Waals surface area contributed by atoms with E-state index in [1.807, 2.05) is 0 Å². The van der Waals surface area contributed by atoms with E-state index in [1.165, 1.54) is 18.2 Å². The van der Waals surface area contributed by atoms with E-state index in [9.17, 15) is 13.2 Å². The molecule has 0 unspecified atom stereocenters. The number of ether oxygens (including phenoxy) is 1. The van der Waals surface area contributed by atoms with Crippen molar-refractivity contribution in [3.63, 3.8) is 0 Å². The molecule has 0 fully saturated rings. The van der Waals surface area contributed by atoms with Crippen molar-refractivity contribution >= 4 is 49.2 Å². The maximum atomic E-state index is 13.0. The molecular formula is C16H15BrClNO4S. The molecule has 5 nitrogen and oxygen atoms in total. The average molecular weight is 433 g/mol. The van der Waals surface area contributed by atoms with Gasteiger partial charge in [0, 0.05) is 4.47 Å². The van der Waals surface area contributed by atoms with Crippen molar-refractivity contribution in [1.82, 2.24) is 0 Å². The number of halogens is 2. The number of nitrogens with zero attached hydrogens (tertiary/aromatic N) is 1. The van der Waals surface area contributed by atoms with Crippen LogP contribution in [0.2, 0.25) is 5.02 Å². The molecule has 2 aromatic rings. The van der Waals surface area contributed by atoms with Crippen molar-refractivity contribution in [1.29, 1.82) is 0 Å². The largest absolute Gasteiger partial charge is 0.465 e. The number of hydrogen-bond acceptors (Lipinski definition) is 4. The van der Waals surface area contributed by atoms with Crippen LogP contribution in [0.15, 0.2) is 57.9 Å². The molecule has 2 aromatic carbocycles. The topological polar surface area (TPSA) is 63.7 Å². The fraction of sp³-hybridized carbons (Fsp3) is 0.188. The summed E-state index contributed by atoms with van der Waals surface area (Å²) in [6.07, 6.45) is 0. The monoisotopic (exact) mass is 431 g/mol. The van der Waals surface area contributed by atoms with Crippen molar-refractivity contribution in [2.24, 2.45) is 0 Å². The van der Waals surface area contributed by atoms with E-state index >= 15 is 0 Å². The fourth-order valence-corrected chi connectivity index (χ4v) is 3.99. The van der Waals surface area contributed by atoms with E-state index in [4.69, 9.17) is 16.3 Å². The van der Waals surface area contributed by atoms with Crippen LogP contribution in [0.4, 0.5) is 5.69 Å². The van der Waals surface area contributed by atoms with Gasteiger partial charge in [-0.3, -0.25) is 9.10 Å². The minimum atomic E-state index is -3.98. The van der Waals surface area contributed by atoms with Gasteiger partial charge in [0.15, 0.2) is 0 Å². The van der Waals surface area contributed by atoms with E-state index in [0.717, 1.165) is 8.78 Å². The predicted octanol–water partition coefficient (Wildman–Crippen LogP) is 3.86. The molecular weight excluding hydrogens is 418 g/mol. The summed E-state index contributed by atoms with van der Waals surface area (Å²) in [6, 6.07) is 12.6. The number of carbonyl (C=O) groups is 1. The quantitative estimate of drug-likeness (QED) is 0.650. The molecule has 0 bridgehead atoms. The van der Waals surface area contributed by atoms with E-state index in [2.05, 4.69) is 15.9 Å². The average Bonchev–Trinajstić information content (AvgIpc) is 2.54. The van der Waals surface area contributed by atoms with Crippen LogP contribution < -0.4 is 4.31 Å². The molecule has 0 aliphatic rings. The lowest BCUT2D eigenvalue weighted by atomic mass is 10.3. The summed E-state index contributed by atoms with van der Waals surface area (Å²) < 4.78 is 32.6. The number of carbonyl (C=O) groups excluding carboxylic acids is 1. The van der Waals surface area contributed by atoms with Crippen LogP contribution in [0.3, 0.4) is 0 Å².